The molecular weight excluding hydrogens is 554 g/mol. The lowest BCUT2D eigenvalue weighted by atomic mass is 9.72. The normalized spacial score (nSPS) is 40.3. The van der Waals surface area contributed by atoms with Crippen LogP contribution in [0.3, 0.4) is 0 Å². The molecule has 0 aromatic carbocycles. The van der Waals surface area contributed by atoms with E-state index in [1.807, 2.05) is 0 Å². The van der Waals surface area contributed by atoms with Gasteiger partial charge in [-0.15, -0.1) is 0 Å². The SMILES string of the molecule is CN[C@@H]1[C@@H](O)[C@@H](O[C@@H]2[C@@H](O)[C@H](C3OC(CN)=CC[C@H]3NC(=O)C(C)N)[C@@H](N)C[C@H]2NC(=O)[C@@H](O)CCN)OC[C@]1(C)O. The summed E-state index contributed by atoms with van der Waals surface area (Å²) in [7, 11) is 1.57. The van der Waals surface area contributed by atoms with Crippen LogP contribution in [0, 0.1) is 5.92 Å². The maximum absolute atomic E-state index is 12.8. The van der Waals surface area contributed by atoms with Crippen molar-refractivity contribution in [2.75, 3.05) is 26.7 Å². The topological polar surface area (TPSA) is 283 Å². The number of carbonyl (C=O) groups is 2. The number of rotatable bonds is 11. The van der Waals surface area contributed by atoms with Crippen LogP contribution in [0.2, 0.25) is 0 Å². The second-order valence-corrected chi connectivity index (χ2v) is 11.7. The number of nitrogens with two attached hydrogens (primary N) is 4. The number of ether oxygens (including phenoxy) is 3. The van der Waals surface area contributed by atoms with Gasteiger partial charge in [0.25, 0.3) is 0 Å². The van der Waals surface area contributed by atoms with Gasteiger partial charge < -0.3 is 73.5 Å². The fraction of sp³-hybridized carbons (Fsp3) is 0.846. The van der Waals surface area contributed by atoms with Gasteiger partial charge in [-0.2, -0.15) is 0 Å². The highest BCUT2D eigenvalue weighted by molar-refractivity contribution is 5.81. The summed E-state index contributed by atoms with van der Waals surface area (Å²) < 4.78 is 18.0. The molecular formula is C26H49N7O9. The molecule has 2 fully saturated rings. The first-order valence-corrected chi connectivity index (χ1v) is 14.3. The predicted molar refractivity (Wildman–Crippen MR) is 150 cm³/mol. The first kappa shape index (κ1) is 34.5. The molecule has 0 aromatic heterocycles. The van der Waals surface area contributed by atoms with E-state index in [1.54, 1.807) is 13.1 Å². The van der Waals surface area contributed by atoms with E-state index in [1.165, 1.54) is 13.8 Å². The van der Waals surface area contributed by atoms with Crippen LogP contribution < -0.4 is 38.9 Å². The number of carbonyl (C=O) groups excluding carboxylic acids is 2. The summed E-state index contributed by atoms with van der Waals surface area (Å²) in [4.78, 5) is 25.3. The third-order valence-corrected chi connectivity index (χ3v) is 8.26. The Kier molecular flexibility index (Phi) is 12.1. The lowest BCUT2D eigenvalue weighted by Gasteiger charge is -2.51. The Morgan fingerprint density at radius 1 is 1.19 bits per heavy atom. The molecule has 1 saturated carbocycles. The second kappa shape index (κ2) is 14.7. The summed E-state index contributed by atoms with van der Waals surface area (Å²) in [5.41, 5.74) is 22.3. The van der Waals surface area contributed by atoms with Crippen molar-refractivity contribution >= 4 is 11.8 Å². The van der Waals surface area contributed by atoms with Gasteiger partial charge in [0.15, 0.2) is 6.29 Å². The monoisotopic (exact) mass is 603 g/mol. The van der Waals surface area contributed by atoms with Gasteiger partial charge in [0.1, 0.15) is 35.8 Å². The van der Waals surface area contributed by atoms with Crippen molar-refractivity contribution in [1.82, 2.24) is 16.0 Å². The van der Waals surface area contributed by atoms with Crippen molar-refractivity contribution in [1.29, 1.82) is 0 Å². The zero-order valence-corrected chi connectivity index (χ0v) is 24.4. The molecule has 0 radical (unpaired) electrons. The van der Waals surface area contributed by atoms with Crippen molar-refractivity contribution in [3.63, 3.8) is 0 Å². The van der Waals surface area contributed by atoms with Crippen LogP contribution in [0.5, 0.6) is 0 Å². The highest BCUT2D eigenvalue weighted by Gasteiger charge is 2.54. The van der Waals surface area contributed by atoms with Gasteiger partial charge >= 0.3 is 0 Å². The van der Waals surface area contributed by atoms with E-state index in [0.29, 0.717) is 12.2 Å². The average molecular weight is 604 g/mol. The highest BCUT2D eigenvalue weighted by atomic mass is 16.7. The minimum Gasteiger partial charge on any atom is -0.491 e. The lowest BCUT2D eigenvalue weighted by molar-refractivity contribution is -0.297. The Balaban J connectivity index is 1.94. The molecule has 0 aromatic rings. The van der Waals surface area contributed by atoms with E-state index >= 15 is 0 Å². The molecule has 0 bridgehead atoms. The van der Waals surface area contributed by atoms with Crippen LogP contribution in [-0.4, -0.2) is 132 Å². The number of nitrogens with one attached hydrogen (secondary N) is 3. The minimum atomic E-state index is -1.42. The molecule has 16 nitrogen and oxygen atoms in total. The average Bonchev–Trinajstić information content (AvgIpc) is 2.92. The number of aliphatic hydroxyl groups is 4. The van der Waals surface area contributed by atoms with Gasteiger partial charge in [-0.3, -0.25) is 9.59 Å². The molecule has 2 amide bonds. The Labute approximate surface area is 245 Å². The fourth-order valence-corrected chi connectivity index (χ4v) is 5.97. The summed E-state index contributed by atoms with van der Waals surface area (Å²) in [6, 6.07) is -3.97. The first-order chi connectivity index (χ1) is 19.7. The van der Waals surface area contributed by atoms with Crippen LogP contribution in [0.1, 0.15) is 33.1 Å². The van der Waals surface area contributed by atoms with E-state index in [4.69, 9.17) is 37.1 Å². The molecule has 16 heteroatoms. The van der Waals surface area contributed by atoms with Crippen molar-refractivity contribution in [3.8, 4) is 0 Å². The Morgan fingerprint density at radius 2 is 1.86 bits per heavy atom. The standard InChI is InChI=1S/C26H49N7O9/c1-11(29)23(37)32-14-5-4-12(9-28)41-20(14)17-13(30)8-15(33-24(38)16(34)6-7-27)21(18(17)35)42-25-19(36)22(31-3)26(2,39)10-40-25/h4,11,13-22,25,31,34-36,39H,5-10,27-30H2,1-3H3,(H,32,37)(H,33,38)/t11?,13-,14+,15+,16-,17+,18-,19+,20?,21-,22+,25+,26-/m0/s1. The van der Waals surface area contributed by atoms with E-state index in [9.17, 15) is 30.0 Å². The van der Waals surface area contributed by atoms with Gasteiger partial charge in [0.05, 0.1) is 43.4 Å². The molecule has 0 spiro atoms. The quantitative estimate of drug-likeness (QED) is 0.105. The molecule has 42 heavy (non-hydrogen) atoms. The van der Waals surface area contributed by atoms with Crippen molar-refractivity contribution in [2.24, 2.45) is 28.9 Å². The van der Waals surface area contributed by atoms with E-state index in [-0.39, 0.29) is 32.5 Å². The number of amides is 2. The van der Waals surface area contributed by atoms with Crippen LogP contribution >= 0.6 is 0 Å². The zero-order chi connectivity index (χ0) is 31.4. The molecule has 2 unspecified atom stereocenters. The molecule has 1 saturated heterocycles. The third kappa shape index (κ3) is 7.75. The van der Waals surface area contributed by atoms with E-state index in [0.717, 1.165) is 0 Å². The molecule has 3 rings (SSSR count). The lowest BCUT2D eigenvalue weighted by Crippen LogP contribution is -2.70. The highest BCUT2D eigenvalue weighted by Crippen LogP contribution is 2.37. The molecule has 13 atom stereocenters. The van der Waals surface area contributed by atoms with Gasteiger partial charge in [-0.05, 0) is 52.8 Å². The second-order valence-electron chi connectivity index (χ2n) is 11.7. The molecule has 3 aliphatic rings. The van der Waals surface area contributed by atoms with Gasteiger partial charge in [0.2, 0.25) is 11.8 Å². The number of hydrogen-bond donors (Lipinski definition) is 11. The van der Waals surface area contributed by atoms with Crippen LogP contribution in [0.15, 0.2) is 11.8 Å². The van der Waals surface area contributed by atoms with Crippen molar-refractivity contribution in [2.45, 2.75) is 106 Å². The molecule has 2 heterocycles. The van der Waals surface area contributed by atoms with Gasteiger partial charge in [0, 0.05) is 12.0 Å². The Hall–Kier alpha value is -1.96. The summed E-state index contributed by atoms with van der Waals surface area (Å²) >= 11 is 0. The molecule has 1 aliphatic carbocycles. The maximum Gasteiger partial charge on any atom is 0.249 e. The number of hydrogen-bond acceptors (Lipinski definition) is 14. The van der Waals surface area contributed by atoms with Crippen LogP contribution in [-0.2, 0) is 23.8 Å². The first-order valence-electron chi connectivity index (χ1n) is 14.3. The zero-order valence-electron chi connectivity index (χ0n) is 24.4. The van der Waals surface area contributed by atoms with Gasteiger partial charge in [-0.25, -0.2) is 0 Å². The molecule has 15 N–H and O–H groups in total. The summed E-state index contributed by atoms with van der Waals surface area (Å²) in [6.07, 6.45) is -5.41. The van der Waals surface area contributed by atoms with Crippen LogP contribution in [0.4, 0.5) is 0 Å². The Bertz CT molecular complexity index is 955. The van der Waals surface area contributed by atoms with Gasteiger partial charge in [-0.1, -0.05) is 0 Å². The van der Waals surface area contributed by atoms with E-state index in [2.05, 4.69) is 16.0 Å². The Morgan fingerprint density at radius 3 is 2.45 bits per heavy atom. The van der Waals surface area contributed by atoms with Crippen LogP contribution in [0.25, 0.3) is 0 Å². The smallest absolute Gasteiger partial charge is 0.249 e. The maximum atomic E-state index is 12.8. The summed E-state index contributed by atoms with van der Waals surface area (Å²) in [5.74, 6) is -1.56. The summed E-state index contributed by atoms with van der Waals surface area (Å²) in [5, 5.41) is 52.1. The summed E-state index contributed by atoms with van der Waals surface area (Å²) in [6.45, 7) is 2.99. The molecule has 242 valence electrons. The van der Waals surface area contributed by atoms with Crippen molar-refractivity contribution in [3.05, 3.63) is 11.8 Å². The van der Waals surface area contributed by atoms with E-state index < -0.39 is 90.4 Å². The van der Waals surface area contributed by atoms with Crippen molar-refractivity contribution < 1.29 is 44.2 Å². The predicted octanol–water partition coefficient (Wildman–Crippen LogP) is -5.21. The number of likely N-dealkylation sites (N-methyl/N-ethyl adjacent to an activating group) is 1. The molecule has 2 aliphatic heterocycles. The minimum absolute atomic E-state index is 0.00967. The third-order valence-electron chi connectivity index (χ3n) is 8.26. The largest absolute Gasteiger partial charge is 0.491 e. The number of aliphatic hydroxyl groups excluding tert-OH is 3. The fourth-order valence-electron chi connectivity index (χ4n) is 5.97.